The first kappa shape index (κ1) is 15.9. The van der Waals surface area contributed by atoms with Gasteiger partial charge in [-0.15, -0.1) is 0 Å². The van der Waals surface area contributed by atoms with Crippen LogP contribution in [0.3, 0.4) is 0 Å². The Morgan fingerprint density at radius 3 is 2.38 bits per heavy atom. The van der Waals surface area contributed by atoms with Crippen LogP contribution in [0.1, 0.15) is 66.2 Å². The molecule has 0 aliphatic carbocycles. The monoisotopic (exact) mass is 229 g/mol. The van der Waals surface area contributed by atoms with Crippen molar-refractivity contribution < 1.29 is 5.11 Å². The molecular formula is C14H31NO. The van der Waals surface area contributed by atoms with Crippen molar-refractivity contribution in [2.75, 3.05) is 13.1 Å². The van der Waals surface area contributed by atoms with Gasteiger partial charge in [-0.2, -0.15) is 0 Å². The van der Waals surface area contributed by atoms with Crippen molar-refractivity contribution in [2.24, 2.45) is 5.92 Å². The molecule has 2 unspecified atom stereocenters. The summed E-state index contributed by atoms with van der Waals surface area (Å²) in [5.41, 5.74) is -0.538. The number of unbranched alkanes of at least 4 members (excludes halogenated alkanes) is 1. The zero-order valence-electron chi connectivity index (χ0n) is 11.7. The molecule has 16 heavy (non-hydrogen) atoms. The summed E-state index contributed by atoms with van der Waals surface area (Å²) in [5, 5.41) is 13.6. The lowest BCUT2D eigenvalue weighted by Gasteiger charge is -2.28. The van der Waals surface area contributed by atoms with Crippen LogP contribution in [0, 0.1) is 5.92 Å². The summed E-state index contributed by atoms with van der Waals surface area (Å²) in [4.78, 5) is 0. The number of hydrogen-bond donors (Lipinski definition) is 2. The van der Waals surface area contributed by atoms with E-state index in [1.807, 2.05) is 6.92 Å². The van der Waals surface area contributed by atoms with Crippen LogP contribution in [0.5, 0.6) is 0 Å². The molecule has 0 fully saturated rings. The predicted octanol–water partition coefficient (Wildman–Crippen LogP) is 3.34. The van der Waals surface area contributed by atoms with Crippen LogP contribution in [0.4, 0.5) is 0 Å². The molecule has 0 aliphatic heterocycles. The first-order chi connectivity index (χ1) is 7.55. The van der Waals surface area contributed by atoms with Gasteiger partial charge in [-0.25, -0.2) is 0 Å². The van der Waals surface area contributed by atoms with Gasteiger partial charge in [-0.1, -0.05) is 46.5 Å². The average Bonchev–Trinajstić information content (AvgIpc) is 2.24. The predicted molar refractivity (Wildman–Crippen MR) is 71.7 cm³/mol. The highest BCUT2D eigenvalue weighted by Gasteiger charge is 2.23. The van der Waals surface area contributed by atoms with Crippen molar-refractivity contribution >= 4 is 0 Å². The first-order valence-corrected chi connectivity index (χ1v) is 6.98. The molecule has 0 saturated heterocycles. The van der Waals surface area contributed by atoms with Crippen LogP contribution in [0.2, 0.25) is 0 Å². The molecule has 0 aromatic rings. The summed E-state index contributed by atoms with van der Waals surface area (Å²) < 4.78 is 0. The number of hydrogen-bond acceptors (Lipinski definition) is 2. The maximum absolute atomic E-state index is 10.3. The van der Waals surface area contributed by atoms with Crippen molar-refractivity contribution in [2.45, 2.75) is 71.8 Å². The van der Waals surface area contributed by atoms with Gasteiger partial charge in [-0.05, 0) is 32.2 Å². The fourth-order valence-corrected chi connectivity index (χ4v) is 2.17. The third-order valence-corrected chi connectivity index (χ3v) is 3.20. The minimum atomic E-state index is -0.538. The minimum absolute atomic E-state index is 0.538. The molecule has 0 radical (unpaired) electrons. The first-order valence-electron chi connectivity index (χ1n) is 6.98. The van der Waals surface area contributed by atoms with E-state index in [-0.39, 0.29) is 0 Å². The van der Waals surface area contributed by atoms with E-state index < -0.39 is 5.60 Å². The van der Waals surface area contributed by atoms with Crippen LogP contribution in [0.25, 0.3) is 0 Å². The van der Waals surface area contributed by atoms with Crippen LogP contribution in [-0.2, 0) is 0 Å². The van der Waals surface area contributed by atoms with Crippen molar-refractivity contribution in [1.29, 1.82) is 0 Å². The van der Waals surface area contributed by atoms with Crippen molar-refractivity contribution in [3.63, 3.8) is 0 Å². The quantitative estimate of drug-likeness (QED) is 0.563. The topological polar surface area (TPSA) is 32.3 Å². The highest BCUT2D eigenvalue weighted by molar-refractivity contribution is 4.78. The summed E-state index contributed by atoms with van der Waals surface area (Å²) in [7, 11) is 0. The summed E-state index contributed by atoms with van der Waals surface area (Å²) >= 11 is 0. The molecule has 0 bridgehead atoms. The van der Waals surface area contributed by atoms with E-state index in [1.54, 1.807) is 0 Å². The molecular weight excluding hydrogens is 198 g/mol. The van der Waals surface area contributed by atoms with E-state index >= 15 is 0 Å². The van der Waals surface area contributed by atoms with Gasteiger partial charge >= 0.3 is 0 Å². The SMILES string of the molecule is CCCCC(CC)CC(C)(O)CNCCC. The van der Waals surface area contributed by atoms with E-state index in [9.17, 15) is 5.11 Å². The molecule has 0 spiro atoms. The molecule has 0 amide bonds. The second-order valence-electron chi connectivity index (χ2n) is 5.29. The lowest BCUT2D eigenvalue weighted by atomic mass is 9.87. The highest BCUT2D eigenvalue weighted by Crippen LogP contribution is 2.23. The minimum Gasteiger partial charge on any atom is -0.389 e. The lowest BCUT2D eigenvalue weighted by molar-refractivity contribution is 0.0317. The average molecular weight is 229 g/mol. The molecule has 0 aromatic carbocycles. The highest BCUT2D eigenvalue weighted by atomic mass is 16.3. The summed E-state index contributed by atoms with van der Waals surface area (Å²) in [6, 6.07) is 0. The zero-order chi connectivity index (χ0) is 12.4. The van der Waals surface area contributed by atoms with Gasteiger partial charge in [0.25, 0.3) is 0 Å². The van der Waals surface area contributed by atoms with Crippen LogP contribution >= 0.6 is 0 Å². The Balaban J connectivity index is 3.89. The van der Waals surface area contributed by atoms with E-state index in [2.05, 4.69) is 26.1 Å². The van der Waals surface area contributed by atoms with E-state index in [0.717, 1.165) is 25.9 Å². The van der Waals surface area contributed by atoms with Gasteiger partial charge in [0.15, 0.2) is 0 Å². The van der Waals surface area contributed by atoms with Gasteiger partial charge in [0, 0.05) is 6.54 Å². The fourth-order valence-electron chi connectivity index (χ4n) is 2.17. The molecule has 98 valence electrons. The summed E-state index contributed by atoms with van der Waals surface area (Å²) in [6.07, 6.45) is 7.05. The molecule has 2 heteroatoms. The van der Waals surface area contributed by atoms with Crippen molar-refractivity contribution in [3.05, 3.63) is 0 Å². The maximum atomic E-state index is 10.3. The Bertz CT molecular complexity index is 157. The molecule has 2 N–H and O–H groups in total. The van der Waals surface area contributed by atoms with Crippen LogP contribution in [-0.4, -0.2) is 23.8 Å². The maximum Gasteiger partial charge on any atom is 0.0746 e. The molecule has 0 aliphatic rings. The Kier molecular flexibility index (Phi) is 8.96. The van der Waals surface area contributed by atoms with Gasteiger partial charge in [0.2, 0.25) is 0 Å². The largest absolute Gasteiger partial charge is 0.389 e. The molecule has 0 aromatic heterocycles. The molecule has 0 saturated carbocycles. The number of nitrogens with one attached hydrogen (secondary N) is 1. The molecule has 2 atom stereocenters. The van der Waals surface area contributed by atoms with Gasteiger partial charge < -0.3 is 10.4 Å². The Hall–Kier alpha value is -0.0800. The third kappa shape index (κ3) is 8.12. The normalized spacial score (nSPS) is 17.1. The third-order valence-electron chi connectivity index (χ3n) is 3.20. The standard InChI is InChI=1S/C14H31NO/c1-5-8-9-13(7-3)11-14(4,16)12-15-10-6-2/h13,15-16H,5-12H2,1-4H3. The number of rotatable bonds is 10. The van der Waals surface area contributed by atoms with Gasteiger partial charge in [0.05, 0.1) is 5.60 Å². The summed E-state index contributed by atoms with van der Waals surface area (Å²) in [6.45, 7) is 10.3. The van der Waals surface area contributed by atoms with Crippen molar-refractivity contribution in [3.8, 4) is 0 Å². The smallest absolute Gasteiger partial charge is 0.0746 e. The zero-order valence-corrected chi connectivity index (χ0v) is 11.7. The lowest BCUT2D eigenvalue weighted by Crippen LogP contribution is -2.39. The van der Waals surface area contributed by atoms with Crippen LogP contribution < -0.4 is 5.32 Å². The van der Waals surface area contributed by atoms with E-state index in [0.29, 0.717) is 5.92 Å². The van der Waals surface area contributed by atoms with E-state index in [4.69, 9.17) is 0 Å². The second kappa shape index (κ2) is 9.00. The molecule has 2 nitrogen and oxygen atoms in total. The van der Waals surface area contributed by atoms with Gasteiger partial charge in [-0.3, -0.25) is 0 Å². The van der Waals surface area contributed by atoms with E-state index in [1.165, 1.54) is 25.7 Å². The fraction of sp³-hybridized carbons (Fsp3) is 1.00. The molecule has 0 heterocycles. The van der Waals surface area contributed by atoms with Crippen LogP contribution in [0.15, 0.2) is 0 Å². The summed E-state index contributed by atoms with van der Waals surface area (Å²) in [5.74, 6) is 0.679. The molecule has 0 rings (SSSR count). The second-order valence-corrected chi connectivity index (χ2v) is 5.29. The van der Waals surface area contributed by atoms with Gasteiger partial charge in [0.1, 0.15) is 0 Å². The Morgan fingerprint density at radius 2 is 1.88 bits per heavy atom. The number of aliphatic hydroxyl groups is 1. The van der Waals surface area contributed by atoms with Crippen molar-refractivity contribution in [1.82, 2.24) is 5.32 Å². The Labute approximate surface area is 102 Å². The Morgan fingerprint density at radius 1 is 1.19 bits per heavy atom.